The van der Waals surface area contributed by atoms with Crippen molar-refractivity contribution in [1.29, 1.82) is 0 Å². The number of benzene rings is 1. The predicted molar refractivity (Wildman–Crippen MR) is 68.5 cm³/mol. The molecule has 1 atom stereocenters. The number of hydrogen-bond acceptors (Lipinski definition) is 2. The standard InChI is InChI=1S/C15H18O2/c1-3-4-7-12-10-15(17-11(2)16)14-9-6-5-8-13(12)14/h5-6,8-10,15H,3-4,7H2,1-2H3. The Morgan fingerprint density at radius 1 is 1.35 bits per heavy atom. The Morgan fingerprint density at radius 3 is 2.82 bits per heavy atom. The molecule has 0 aliphatic heterocycles. The number of ether oxygens (including phenoxy) is 1. The van der Waals surface area contributed by atoms with Gasteiger partial charge in [0.2, 0.25) is 0 Å². The Hall–Kier alpha value is -1.57. The monoisotopic (exact) mass is 230 g/mol. The summed E-state index contributed by atoms with van der Waals surface area (Å²) in [6.07, 6.45) is 5.31. The van der Waals surface area contributed by atoms with Crippen LogP contribution < -0.4 is 0 Å². The van der Waals surface area contributed by atoms with Gasteiger partial charge in [-0.25, -0.2) is 0 Å². The number of fused-ring (bicyclic) bond motifs is 1. The Kier molecular flexibility index (Phi) is 3.62. The van der Waals surface area contributed by atoms with Crippen molar-refractivity contribution in [2.75, 3.05) is 0 Å². The summed E-state index contributed by atoms with van der Waals surface area (Å²) >= 11 is 0. The van der Waals surface area contributed by atoms with Crippen LogP contribution in [-0.2, 0) is 9.53 Å². The Bertz CT molecular complexity index is 446. The minimum Gasteiger partial charge on any atom is -0.453 e. The molecule has 1 aromatic rings. The molecule has 90 valence electrons. The van der Waals surface area contributed by atoms with Gasteiger partial charge in [0.1, 0.15) is 6.10 Å². The summed E-state index contributed by atoms with van der Waals surface area (Å²) in [5.41, 5.74) is 3.68. The molecule has 2 rings (SSSR count). The molecule has 0 saturated carbocycles. The third-order valence-electron chi connectivity index (χ3n) is 3.06. The summed E-state index contributed by atoms with van der Waals surface area (Å²) in [5.74, 6) is -0.224. The van der Waals surface area contributed by atoms with Crippen LogP contribution in [0.2, 0.25) is 0 Å². The van der Waals surface area contributed by atoms with Crippen LogP contribution in [0.5, 0.6) is 0 Å². The van der Waals surface area contributed by atoms with E-state index in [1.807, 2.05) is 18.2 Å². The number of carbonyl (C=O) groups excluding carboxylic acids is 1. The molecular formula is C15H18O2. The van der Waals surface area contributed by atoms with E-state index in [1.54, 1.807) is 0 Å². The van der Waals surface area contributed by atoms with Crippen LogP contribution >= 0.6 is 0 Å². The Balaban J connectivity index is 2.25. The van der Waals surface area contributed by atoms with Gasteiger partial charge in [0.05, 0.1) is 0 Å². The second-order valence-corrected chi connectivity index (χ2v) is 4.41. The summed E-state index contributed by atoms with van der Waals surface area (Å²) in [4.78, 5) is 11.1. The zero-order chi connectivity index (χ0) is 12.3. The van der Waals surface area contributed by atoms with Gasteiger partial charge in [-0.1, -0.05) is 37.6 Å². The molecule has 0 bridgehead atoms. The van der Waals surface area contributed by atoms with E-state index in [9.17, 15) is 4.79 Å². The molecule has 1 aliphatic carbocycles. The van der Waals surface area contributed by atoms with Crippen molar-refractivity contribution in [2.45, 2.75) is 39.2 Å². The van der Waals surface area contributed by atoms with E-state index in [2.05, 4.69) is 19.1 Å². The molecule has 2 nitrogen and oxygen atoms in total. The fourth-order valence-electron chi connectivity index (χ4n) is 2.26. The number of unbranched alkanes of at least 4 members (excludes halogenated alkanes) is 1. The van der Waals surface area contributed by atoms with Crippen LogP contribution in [0.15, 0.2) is 30.3 Å². The van der Waals surface area contributed by atoms with E-state index < -0.39 is 0 Å². The van der Waals surface area contributed by atoms with Gasteiger partial charge in [-0.2, -0.15) is 0 Å². The first kappa shape index (κ1) is 11.9. The first-order valence-corrected chi connectivity index (χ1v) is 6.19. The van der Waals surface area contributed by atoms with E-state index in [-0.39, 0.29) is 12.1 Å². The Labute approximate surface area is 102 Å². The van der Waals surface area contributed by atoms with E-state index >= 15 is 0 Å². The van der Waals surface area contributed by atoms with Gasteiger partial charge >= 0.3 is 5.97 Å². The molecule has 0 heterocycles. The van der Waals surface area contributed by atoms with Crippen LogP contribution in [0.1, 0.15) is 50.3 Å². The molecule has 0 spiro atoms. The second kappa shape index (κ2) is 5.17. The molecular weight excluding hydrogens is 212 g/mol. The zero-order valence-electron chi connectivity index (χ0n) is 10.4. The van der Waals surface area contributed by atoms with Crippen molar-refractivity contribution >= 4 is 11.5 Å². The largest absolute Gasteiger partial charge is 0.453 e. The lowest BCUT2D eigenvalue weighted by Crippen LogP contribution is -2.04. The normalized spacial score (nSPS) is 17.5. The highest BCUT2D eigenvalue weighted by Crippen LogP contribution is 2.38. The van der Waals surface area contributed by atoms with E-state index in [4.69, 9.17) is 4.74 Å². The maximum atomic E-state index is 11.1. The number of hydrogen-bond donors (Lipinski definition) is 0. The maximum Gasteiger partial charge on any atom is 0.303 e. The van der Waals surface area contributed by atoms with Crippen molar-refractivity contribution in [3.63, 3.8) is 0 Å². The summed E-state index contributed by atoms with van der Waals surface area (Å²) in [6.45, 7) is 3.64. The molecule has 0 saturated heterocycles. The summed E-state index contributed by atoms with van der Waals surface area (Å²) in [6, 6.07) is 8.18. The lowest BCUT2D eigenvalue weighted by molar-refractivity contribution is -0.144. The quantitative estimate of drug-likeness (QED) is 0.734. The first-order valence-electron chi connectivity index (χ1n) is 6.19. The lowest BCUT2D eigenvalue weighted by Gasteiger charge is -2.10. The smallest absolute Gasteiger partial charge is 0.303 e. The molecule has 0 N–H and O–H groups in total. The van der Waals surface area contributed by atoms with E-state index in [0.29, 0.717) is 0 Å². The Morgan fingerprint density at radius 2 is 2.12 bits per heavy atom. The maximum absolute atomic E-state index is 11.1. The molecule has 1 aromatic carbocycles. The van der Waals surface area contributed by atoms with Gasteiger partial charge in [-0.15, -0.1) is 0 Å². The van der Waals surface area contributed by atoms with Crippen molar-refractivity contribution in [3.05, 3.63) is 41.5 Å². The van der Waals surface area contributed by atoms with Crippen LogP contribution in [0.4, 0.5) is 0 Å². The highest BCUT2D eigenvalue weighted by Gasteiger charge is 2.24. The minimum atomic E-state index is -0.224. The van der Waals surface area contributed by atoms with Gasteiger partial charge in [0.15, 0.2) is 0 Å². The van der Waals surface area contributed by atoms with Crippen LogP contribution in [-0.4, -0.2) is 5.97 Å². The lowest BCUT2D eigenvalue weighted by atomic mass is 10.0. The molecule has 0 radical (unpaired) electrons. The summed E-state index contributed by atoms with van der Waals surface area (Å²) < 4.78 is 5.33. The number of esters is 1. The third kappa shape index (κ3) is 2.57. The second-order valence-electron chi connectivity index (χ2n) is 4.41. The predicted octanol–water partition coefficient (Wildman–Crippen LogP) is 3.88. The molecule has 0 fully saturated rings. The van der Waals surface area contributed by atoms with Gasteiger partial charge in [0.25, 0.3) is 0 Å². The fourth-order valence-corrected chi connectivity index (χ4v) is 2.26. The number of allylic oxidation sites excluding steroid dienone is 1. The average molecular weight is 230 g/mol. The number of rotatable bonds is 4. The van der Waals surface area contributed by atoms with Gasteiger partial charge < -0.3 is 4.74 Å². The molecule has 17 heavy (non-hydrogen) atoms. The number of carbonyl (C=O) groups is 1. The van der Waals surface area contributed by atoms with E-state index in [0.717, 1.165) is 12.0 Å². The van der Waals surface area contributed by atoms with E-state index in [1.165, 1.54) is 30.9 Å². The van der Waals surface area contributed by atoms with Gasteiger partial charge in [-0.3, -0.25) is 4.79 Å². The molecule has 1 unspecified atom stereocenters. The van der Waals surface area contributed by atoms with Crippen molar-refractivity contribution in [3.8, 4) is 0 Å². The van der Waals surface area contributed by atoms with Gasteiger partial charge in [-0.05, 0) is 30.1 Å². The minimum absolute atomic E-state index is 0.185. The fraction of sp³-hybridized carbons (Fsp3) is 0.400. The van der Waals surface area contributed by atoms with Gasteiger partial charge in [0, 0.05) is 12.5 Å². The SMILES string of the molecule is CCCCC1=CC(OC(C)=O)c2ccccc21. The topological polar surface area (TPSA) is 26.3 Å². The zero-order valence-corrected chi connectivity index (χ0v) is 10.4. The first-order chi connectivity index (χ1) is 8.22. The average Bonchev–Trinajstić information content (AvgIpc) is 2.65. The van der Waals surface area contributed by atoms with Crippen molar-refractivity contribution < 1.29 is 9.53 Å². The molecule has 0 amide bonds. The molecule has 2 heteroatoms. The highest BCUT2D eigenvalue weighted by atomic mass is 16.5. The third-order valence-corrected chi connectivity index (χ3v) is 3.06. The summed E-state index contributed by atoms with van der Waals surface area (Å²) in [5, 5.41) is 0. The summed E-state index contributed by atoms with van der Waals surface area (Å²) in [7, 11) is 0. The highest BCUT2D eigenvalue weighted by molar-refractivity contribution is 5.76. The van der Waals surface area contributed by atoms with Crippen LogP contribution in [0, 0.1) is 0 Å². The molecule has 0 aromatic heterocycles. The van der Waals surface area contributed by atoms with Crippen molar-refractivity contribution in [2.24, 2.45) is 0 Å². The van der Waals surface area contributed by atoms with Crippen LogP contribution in [0.3, 0.4) is 0 Å². The van der Waals surface area contributed by atoms with Crippen molar-refractivity contribution in [1.82, 2.24) is 0 Å². The van der Waals surface area contributed by atoms with Crippen LogP contribution in [0.25, 0.3) is 5.57 Å². The molecule has 1 aliphatic rings.